The van der Waals surface area contributed by atoms with Crippen LogP contribution in [0, 0.1) is 5.82 Å². The zero-order chi connectivity index (χ0) is 16.2. The Morgan fingerprint density at radius 3 is 2.59 bits per heavy atom. The van der Waals surface area contributed by atoms with E-state index in [1.807, 2.05) is 0 Å². The van der Waals surface area contributed by atoms with E-state index >= 15 is 0 Å². The third-order valence-corrected chi connectivity index (χ3v) is 5.87. The minimum Gasteiger partial charge on any atom is -0.465 e. The molecule has 0 aliphatic heterocycles. The largest absolute Gasteiger partial charge is 0.465 e. The maximum absolute atomic E-state index is 14.0. The molecule has 0 N–H and O–H groups in total. The lowest BCUT2D eigenvalue weighted by Crippen LogP contribution is -2.36. The van der Waals surface area contributed by atoms with Crippen LogP contribution in [0.2, 0.25) is 0 Å². The van der Waals surface area contributed by atoms with Crippen molar-refractivity contribution in [3.8, 4) is 0 Å². The van der Waals surface area contributed by atoms with Gasteiger partial charge in [-0.2, -0.15) is 0 Å². The quantitative estimate of drug-likeness (QED) is 0.757. The Balaban J connectivity index is 2.47. The highest BCUT2D eigenvalue weighted by Crippen LogP contribution is 2.28. The molecule has 0 saturated carbocycles. The number of halogens is 1. The molecule has 1 aromatic heterocycles. The number of nitrogens with zero attached hydrogens (tertiary/aromatic N) is 1. The Kier molecular flexibility index (Phi) is 5.15. The molecule has 0 aliphatic rings. The monoisotopic (exact) mass is 343 g/mol. The fourth-order valence-corrected chi connectivity index (χ4v) is 4.32. The summed E-state index contributed by atoms with van der Waals surface area (Å²) in [7, 11) is -4.04. The van der Waals surface area contributed by atoms with Gasteiger partial charge in [-0.25, -0.2) is 12.8 Å². The van der Waals surface area contributed by atoms with Crippen molar-refractivity contribution in [2.24, 2.45) is 0 Å². The highest BCUT2D eigenvalue weighted by Gasteiger charge is 2.30. The fraction of sp³-hybridized carbons (Fsp3) is 0.214. The molecule has 1 aromatic carbocycles. The van der Waals surface area contributed by atoms with Crippen molar-refractivity contribution in [1.29, 1.82) is 0 Å². The van der Waals surface area contributed by atoms with Gasteiger partial charge in [-0.3, -0.25) is 9.10 Å². The van der Waals surface area contributed by atoms with Crippen LogP contribution in [0.4, 0.5) is 10.1 Å². The van der Waals surface area contributed by atoms with E-state index in [4.69, 9.17) is 4.74 Å². The smallest absolute Gasteiger partial charge is 0.326 e. The number of ether oxygens (including phenoxy) is 1. The Bertz CT molecular complexity index is 744. The number of benzene rings is 1. The van der Waals surface area contributed by atoms with E-state index in [0.29, 0.717) is 0 Å². The second-order valence-electron chi connectivity index (χ2n) is 4.20. The van der Waals surface area contributed by atoms with Crippen LogP contribution in [0.5, 0.6) is 0 Å². The van der Waals surface area contributed by atoms with Gasteiger partial charge in [-0.1, -0.05) is 18.2 Å². The normalized spacial score (nSPS) is 11.2. The topological polar surface area (TPSA) is 63.7 Å². The highest BCUT2D eigenvalue weighted by atomic mass is 32.2. The summed E-state index contributed by atoms with van der Waals surface area (Å²) in [5.74, 6) is -1.47. The maximum Gasteiger partial charge on any atom is 0.326 e. The molecule has 2 aromatic rings. The first-order chi connectivity index (χ1) is 10.5. The van der Waals surface area contributed by atoms with Gasteiger partial charge in [0.2, 0.25) is 0 Å². The van der Waals surface area contributed by atoms with Gasteiger partial charge in [-0.15, -0.1) is 11.3 Å². The molecule has 2 rings (SSSR count). The van der Waals surface area contributed by atoms with Crippen molar-refractivity contribution in [1.82, 2.24) is 0 Å². The second kappa shape index (κ2) is 6.89. The predicted molar refractivity (Wildman–Crippen MR) is 81.9 cm³/mol. The molecule has 0 spiro atoms. The van der Waals surface area contributed by atoms with E-state index in [1.54, 1.807) is 18.4 Å². The highest BCUT2D eigenvalue weighted by molar-refractivity contribution is 7.94. The van der Waals surface area contributed by atoms with Crippen molar-refractivity contribution in [3.05, 3.63) is 47.6 Å². The zero-order valence-electron chi connectivity index (χ0n) is 11.7. The summed E-state index contributed by atoms with van der Waals surface area (Å²) in [5.41, 5.74) is -0.191. The number of sulfonamides is 1. The molecule has 0 aliphatic carbocycles. The van der Waals surface area contributed by atoms with Gasteiger partial charge in [-0.05, 0) is 30.5 Å². The minimum absolute atomic E-state index is 0.0278. The Labute approximate surface area is 132 Å². The first-order valence-electron chi connectivity index (χ1n) is 6.43. The fourth-order valence-electron chi connectivity index (χ4n) is 1.80. The average Bonchev–Trinajstić information content (AvgIpc) is 3.01. The number of thiophene rings is 1. The second-order valence-corrected chi connectivity index (χ2v) is 7.24. The molecular formula is C14H14FNO4S2. The molecule has 118 valence electrons. The molecule has 0 fully saturated rings. The zero-order valence-corrected chi connectivity index (χ0v) is 13.4. The lowest BCUT2D eigenvalue weighted by molar-refractivity contribution is -0.141. The third kappa shape index (κ3) is 3.45. The van der Waals surface area contributed by atoms with Crippen LogP contribution in [0.1, 0.15) is 6.92 Å². The van der Waals surface area contributed by atoms with Crippen molar-refractivity contribution >= 4 is 33.0 Å². The molecule has 0 atom stereocenters. The maximum atomic E-state index is 14.0. The average molecular weight is 343 g/mol. The molecule has 1 heterocycles. The Morgan fingerprint density at radius 2 is 2.00 bits per heavy atom. The van der Waals surface area contributed by atoms with Gasteiger partial charge in [0, 0.05) is 0 Å². The summed E-state index contributed by atoms with van der Waals surface area (Å²) in [6, 6.07) is 8.36. The van der Waals surface area contributed by atoms with E-state index in [0.717, 1.165) is 21.7 Å². The third-order valence-electron chi connectivity index (χ3n) is 2.74. The molecule has 0 saturated heterocycles. The standard InChI is InChI=1S/C14H14FNO4S2/c1-2-20-13(17)10-16(12-7-4-3-6-11(12)15)22(18,19)14-8-5-9-21-14/h3-9H,2,10H2,1H3. The van der Waals surface area contributed by atoms with Gasteiger partial charge in [0.1, 0.15) is 16.6 Å². The summed E-state index contributed by atoms with van der Waals surface area (Å²) in [4.78, 5) is 11.7. The van der Waals surface area contributed by atoms with Crippen LogP contribution >= 0.6 is 11.3 Å². The van der Waals surface area contributed by atoms with Crippen LogP contribution in [0.15, 0.2) is 46.0 Å². The number of anilines is 1. The van der Waals surface area contributed by atoms with Gasteiger partial charge >= 0.3 is 5.97 Å². The predicted octanol–water partition coefficient (Wildman–Crippen LogP) is 2.65. The van der Waals surface area contributed by atoms with Gasteiger partial charge in [0.05, 0.1) is 12.3 Å². The van der Waals surface area contributed by atoms with Gasteiger partial charge < -0.3 is 4.74 Å². The number of para-hydroxylation sites is 1. The number of esters is 1. The molecule has 5 nitrogen and oxygen atoms in total. The summed E-state index contributed by atoms with van der Waals surface area (Å²) in [6.45, 7) is 1.14. The number of carbonyl (C=O) groups excluding carboxylic acids is 1. The van der Waals surface area contributed by atoms with Crippen LogP contribution in [0.3, 0.4) is 0 Å². The van der Waals surface area contributed by atoms with Crippen molar-refractivity contribution < 1.29 is 22.3 Å². The molecule has 22 heavy (non-hydrogen) atoms. The Morgan fingerprint density at radius 1 is 1.27 bits per heavy atom. The summed E-state index contributed by atoms with van der Waals surface area (Å²) >= 11 is 0.995. The van der Waals surface area contributed by atoms with Gasteiger partial charge in [0.25, 0.3) is 10.0 Å². The molecule has 8 heteroatoms. The lowest BCUT2D eigenvalue weighted by Gasteiger charge is -2.23. The van der Waals surface area contributed by atoms with Crippen molar-refractivity contribution in [3.63, 3.8) is 0 Å². The van der Waals surface area contributed by atoms with Crippen molar-refractivity contribution in [2.75, 3.05) is 17.5 Å². The van der Waals surface area contributed by atoms with E-state index in [-0.39, 0.29) is 16.5 Å². The van der Waals surface area contributed by atoms with E-state index in [9.17, 15) is 17.6 Å². The molecule has 0 unspecified atom stereocenters. The lowest BCUT2D eigenvalue weighted by atomic mass is 10.3. The SMILES string of the molecule is CCOC(=O)CN(c1ccccc1F)S(=O)(=O)c1cccs1. The van der Waals surface area contributed by atoms with Crippen LogP contribution in [-0.2, 0) is 19.6 Å². The first kappa shape index (κ1) is 16.4. The number of rotatable bonds is 6. The van der Waals surface area contributed by atoms with E-state index < -0.39 is 28.4 Å². The van der Waals surface area contributed by atoms with Gasteiger partial charge in [0.15, 0.2) is 0 Å². The summed E-state index contributed by atoms with van der Waals surface area (Å²) in [6.07, 6.45) is 0. The van der Waals surface area contributed by atoms with Crippen LogP contribution in [-0.4, -0.2) is 27.5 Å². The Hall–Kier alpha value is -1.93. The van der Waals surface area contributed by atoms with E-state index in [1.165, 1.54) is 24.3 Å². The van der Waals surface area contributed by atoms with E-state index in [2.05, 4.69) is 0 Å². The van der Waals surface area contributed by atoms with Crippen molar-refractivity contribution in [2.45, 2.75) is 11.1 Å². The van der Waals surface area contributed by atoms with Crippen LogP contribution < -0.4 is 4.31 Å². The molecule has 0 radical (unpaired) electrons. The minimum atomic E-state index is -4.04. The number of carbonyl (C=O) groups is 1. The molecular weight excluding hydrogens is 329 g/mol. The number of hydrogen-bond acceptors (Lipinski definition) is 5. The number of hydrogen-bond donors (Lipinski definition) is 0. The molecule has 0 bridgehead atoms. The summed E-state index contributed by atoms with van der Waals surface area (Å²) < 4.78 is 44.8. The van der Waals surface area contributed by atoms with Crippen LogP contribution in [0.25, 0.3) is 0 Å². The molecule has 0 amide bonds. The summed E-state index contributed by atoms with van der Waals surface area (Å²) in [5, 5.41) is 1.59. The first-order valence-corrected chi connectivity index (χ1v) is 8.75.